The van der Waals surface area contributed by atoms with Crippen molar-refractivity contribution in [1.82, 2.24) is 5.16 Å². The molecule has 1 N–H and O–H groups in total. The molecule has 0 bridgehead atoms. The molecule has 0 aliphatic rings. The van der Waals surface area contributed by atoms with Crippen molar-refractivity contribution < 1.29 is 22.5 Å². The van der Waals surface area contributed by atoms with Crippen LogP contribution in [0.5, 0.6) is 5.75 Å². The summed E-state index contributed by atoms with van der Waals surface area (Å²) in [5.41, 5.74) is 3.41. The maximum Gasteiger partial charge on any atom is 0.225 e. The van der Waals surface area contributed by atoms with Gasteiger partial charge in [0, 0.05) is 29.3 Å². The maximum absolute atomic E-state index is 12.9. The Labute approximate surface area is 176 Å². The SMILES string of the molecule is COc1cccc(NC(=O)CCS(=O)(=O)c2cc(-c3onc(C)c3C)ccc2C)c1. The number of aryl methyl sites for hydroxylation is 2. The van der Waals surface area contributed by atoms with E-state index in [0.29, 0.717) is 28.3 Å². The van der Waals surface area contributed by atoms with Crippen molar-refractivity contribution in [3.8, 4) is 17.1 Å². The Morgan fingerprint density at radius 1 is 1.13 bits per heavy atom. The van der Waals surface area contributed by atoms with Crippen LogP contribution >= 0.6 is 0 Å². The predicted octanol–water partition coefficient (Wildman–Crippen LogP) is 4.08. The summed E-state index contributed by atoms with van der Waals surface area (Å²) in [6.07, 6.45) is -0.163. The number of carbonyl (C=O) groups excluding carboxylic acids is 1. The average molecular weight is 429 g/mol. The quantitative estimate of drug-likeness (QED) is 0.609. The van der Waals surface area contributed by atoms with Gasteiger partial charge in [0.05, 0.1) is 23.5 Å². The molecule has 158 valence electrons. The Balaban J connectivity index is 1.76. The number of rotatable bonds is 7. The van der Waals surface area contributed by atoms with E-state index >= 15 is 0 Å². The van der Waals surface area contributed by atoms with Crippen LogP contribution in [0.1, 0.15) is 23.2 Å². The number of hydrogen-bond donors (Lipinski definition) is 1. The number of ether oxygens (including phenoxy) is 1. The van der Waals surface area contributed by atoms with E-state index in [1.807, 2.05) is 13.8 Å². The minimum absolute atomic E-state index is 0.163. The van der Waals surface area contributed by atoms with Crippen LogP contribution in [0.25, 0.3) is 11.3 Å². The zero-order chi connectivity index (χ0) is 21.9. The van der Waals surface area contributed by atoms with E-state index in [-0.39, 0.29) is 23.0 Å². The molecule has 3 rings (SSSR count). The highest BCUT2D eigenvalue weighted by Crippen LogP contribution is 2.29. The second kappa shape index (κ2) is 8.71. The number of nitrogens with zero attached hydrogens (tertiary/aromatic N) is 1. The van der Waals surface area contributed by atoms with Crippen LogP contribution in [0.3, 0.4) is 0 Å². The van der Waals surface area contributed by atoms with Crippen LogP contribution in [0.4, 0.5) is 5.69 Å². The molecule has 7 nitrogen and oxygen atoms in total. The van der Waals surface area contributed by atoms with Crippen molar-refractivity contribution in [2.75, 3.05) is 18.2 Å². The first-order chi connectivity index (χ1) is 14.2. The van der Waals surface area contributed by atoms with E-state index in [9.17, 15) is 13.2 Å². The molecule has 0 atom stereocenters. The molecular weight excluding hydrogens is 404 g/mol. The third kappa shape index (κ3) is 4.71. The Bertz CT molecular complexity index is 1180. The first-order valence-electron chi connectivity index (χ1n) is 9.42. The summed E-state index contributed by atoms with van der Waals surface area (Å²) in [5.74, 6) is 0.453. The molecule has 1 heterocycles. The second-order valence-corrected chi connectivity index (χ2v) is 9.13. The van der Waals surface area contributed by atoms with Gasteiger partial charge in [-0.2, -0.15) is 0 Å². The Morgan fingerprint density at radius 2 is 1.90 bits per heavy atom. The van der Waals surface area contributed by atoms with Crippen LogP contribution < -0.4 is 10.1 Å². The molecular formula is C22H24N2O5S. The van der Waals surface area contributed by atoms with Crippen LogP contribution in [0.2, 0.25) is 0 Å². The molecule has 0 aliphatic heterocycles. The monoisotopic (exact) mass is 428 g/mol. The highest BCUT2D eigenvalue weighted by atomic mass is 32.2. The summed E-state index contributed by atoms with van der Waals surface area (Å²) >= 11 is 0. The summed E-state index contributed by atoms with van der Waals surface area (Å²) in [7, 11) is -2.14. The first kappa shape index (κ1) is 21.6. The van der Waals surface area contributed by atoms with Gasteiger partial charge in [0.2, 0.25) is 5.91 Å². The number of amides is 1. The topological polar surface area (TPSA) is 98.5 Å². The normalized spacial score (nSPS) is 11.3. The summed E-state index contributed by atoms with van der Waals surface area (Å²) in [6.45, 7) is 5.43. The van der Waals surface area contributed by atoms with Gasteiger partial charge in [0.15, 0.2) is 15.6 Å². The van der Waals surface area contributed by atoms with Gasteiger partial charge in [0.1, 0.15) is 5.75 Å². The fraction of sp³-hybridized carbons (Fsp3) is 0.273. The van der Waals surface area contributed by atoms with E-state index in [0.717, 1.165) is 11.3 Å². The molecule has 8 heteroatoms. The van der Waals surface area contributed by atoms with E-state index < -0.39 is 9.84 Å². The second-order valence-electron chi connectivity index (χ2n) is 7.05. The lowest BCUT2D eigenvalue weighted by atomic mass is 10.1. The third-order valence-corrected chi connectivity index (χ3v) is 6.75. The fourth-order valence-electron chi connectivity index (χ4n) is 3.02. The lowest BCUT2D eigenvalue weighted by Crippen LogP contribution is -2.18. The van der Waals surface area contributed by atoms with Crippen LogP contribution in [0, 0.1) is 20.8 Å². The Hall–Kier alpha value is -3.13. The number of anilines is 1. The smallest absolute Gasteiger partial charge is 0.225 e. The fourth-order valence-corrected chi connectivity index (χ4v) is 4.56. The molecule has 1 aromatic heterocycles. The van der Waals surface area contributed by atoms with E-state index in [4.69, 9.17) is 9.26 Å². The molecule has 0 saturated heterocycles. The number of carbonyl (C=O) groups is 1. The minimum atomic E-state index is -3.68. The number of aromatic nitrogens is 1. The van der Waals surface area contributed by atoms with Gasteiger partial charge in [-0.3, -0.25) is 4.79 Å². The van der Waals surface area contributed by atoms with Gasteiger partial charge in [-0.05, 0) is 44.5 Å². The minimum Gasteiger partial charge on any atom is -0.497 e. The molecule has 1 amide bonds. The Kier molecular flexibility index (Phi) is 6.26. The van der Waals surface area contributed by atoms with Crippen molar-refractivity contribution in [2.24, 2.45) is 0 Å². The summed E-state index contributed by atoms with van der Waals surface area (Å²) < 4.78 is 36.3. The van der Waals surface area contributed by atoms with Gasteiger partial charge in [0.25, 0.3) is 0 Å². The molecule has 2 aromatic carbocycles. The lowest BCUT2D eigenvalue weighted by molar-refractivity contribution is -0.115. The average Bonchev–Trinajstić information content (AvgIpc) is 3.05. The zero-order valence-corrected chi connectivity index (χ0v) is 18.2. The van der Waals surface area contributed by atoms with Crippen molar-refractivity contribution in [2.45, 2.75) is 32.1 Å². The van der Waals surface area contributed by atoms with Gasteiger partial charge in [-0.25, -0.2) is 8.42 Å². The molecule has 3 aromatic rings. The number of hydrogen-bond acceptors (Lipinski definition) is 6. The van der Waals surface area contributed by atoms with Crippen LogP contribution in [-0.4, -0.2) is 32.3 Å². The standard InChI is InChI=1S/C22H24N2O5S/c1-14-8-9-17(22-15(2)16(3)24-29-22)12-20(14)30(26,27)11-10-21(25)23-18-6-5-7-19(13-18)28-4/h5-9,12-13H,10-11H2,1-4H3,(H,23,25). The molecule has 0 spiro atoms. The number of nitrogens with one attached hydrogen (secondary N) is 1. The van der Waals surface area contributed by atoms with Crippen LogP contribution in [-0.2, 0) is 14.6 Å². The van der Waals surface area contributed by atoms with Gasteiger partial charge >= 0.3 is 0 Å². The molecule has 0 fully saturated rings. The van der Waals surface area contributed by atoms with E-state index in [1.165, 1.54) is 7.11 Å². The van der Waals surface area contributed by atoms with E-state index in [2.05, 4.69) is 10.5 Å². The third-order valence-electron chi connectivity index (χ3n) is 4.89. The van der Waals surface area contributed by atoms with Crippen molar-refractivity contribution in [3.05, 3.63) is 59.3 Å². The van der Waals surface area contributed by atoms with Crippen molar-refractivity contribution >= 4 is 21.4 Å². The molecule has 0 aliphatic carbocycles. The highest BCUT2D eigenvalue weighted by molar-refractivity contribution is 7.91. The lowest BCUT2D eigenvalue weighted by Gasteiger charge is -2.10. The Morgan fingerprint density at radius 3 is 2.57 bits per heavy atom. The number of benzene rings is 2. The van der Waals surface area contributed by atoms with Crippen molar-refractivity contribution in [1.29, 1.82) is 0 Å². The predicted molar refractivity (Wildman–Crippen MR) is 114 cm³/mol. The van der Waals surface area contributed by atoms with Gasteiger partial charge in [-0.15, -0.1) is 0 Å². The first-order valence-corrected chi connectivity index (χ1v) is 11.1. The van der Waals surface area contributed by atoms with Gasteiger partial charge < -0.3 is 14.6 Å². The molecule has 0 radical (unpaired) electrons. The molecule has 0 unspecified atom stereocenters. The molecule has 30 heavy (non-hydrogen) atoms. The van der Waals surface area contributed by atoms with Crippen LogP contribution in [0.15, 0.2) is 51.9 Å². The number of methoxy groups -OCH3 is 1. The largest absolute Gasteiger partial charge is 0.497 e. The maximum atomic E-state index is 12.9. The zero-order valence-electron chi connectivity index (χ0n) is 17.4. The summed E-state index contributed by atoms with van der Waals surface area (Å²) in [4.78, 5) is 12.5. The summed E-state index contributed by atoms with van der Waals surface area (Å²) in [6, 6.07) is 12.0. The van der Waals surface area contributed by atoms with Gasteiger partial charge in [-0.1, -0.05) is 23.4 Å². The molecule has 0 saturated carbocycles. The summed E-state index contributed by atoms with van der Waals surface area (Å²) in [5, 5.41) is 6.63. The van der Waals surface area contributed by atoms with E-state index in [1.54, 1.807) is 49.4 Å². The highest BCUT2D eigenvalue weighted by Gasteiger charge is 2.21. The number of sulfone groups is 1. The van der Waals surface area contributed by atoms with Crippen molar-refractivity contribution in [3.63, 3.8) is 0 Å².